The third-order valence-electron chi connectivity index (χ3n) is 4.63. The Morgan fingerprint density at radius 1 is 1.31 bits per heavy atom. The topological polar surface area (TPSA) is 111 Å². The van der Waals surface area contributed by atoms with Gasteiger partial charge in [-0.1, -0.05) is 6.07 Å². The molecule has 11 heteroatoms. The molecule has 1 aliphatic rings. The number of carbonyl (C=O) groups excluding carboxylic acids is 1. The number of nitrogens with zero attached hydrogens (tertiary/aromatic N) is 2. The van der Waals surface area contributed by atoms with Gasteiger partial charge in [-0.05, 0) is 50.8 Å². The van der Waals surface area contributed by atoms with Crippen molar-refractivity contribution in [2.45, 2.75) is 57.5 Å². The van der Waals surface area contributed by atoms with Crippen LogP contribution in [0.5, 0.6) is 5.75 Å². The number of hydrogen-bond donors (Lipinski definition) is 3. The summed E-state index contributed by atoms with van der Waals surface area (Å²) < 4.78 is 50.3. The number of anilines is 3. The van der Waals surface area contributed by atoms with Crippen LogP contribution in [-0.2, 0) is 22.1 Å². The average molecular weight is 453 g/mol. The number of hydrogen-bond acceptors (Lipinski definition) is 8. The Morgan fingerprint density at radius 2 is 2.03 bits per heavy atom. The molecule has 1 heterocycles. The van der Waals surface area contributed by atoms with E-state index in [1.807, 2.05) is 0 Å². The highest BCUT2D eigenvalue weighted by Crippen LogP contribution is 2.37. The molecule has 174 valence electrons. The van der Waals surface area contributed by atoms with E-state index in [-0.39, 0.29) is 30.3 Å². The van der Waals surface area contributed by atoms with E-state index >= 15 is 0 Å². The highest BCUT2D eigenvalue weighted by molar-refractivity contribution is 5.76. The van der Waals surface area contributed by atoms with Crippen molar-refractivity contribution < 1.29 is 27.4 Å². The first-order chi connectivity index (χ1) is 15.1. The molecule has 1 saturated carbocycles. The van der Waals surface area contributed by atoms with Crippen LogP contribution in [0.25, 0.3) is 0 Å². The van der Waals surface area contributed by atoms with Gasteiger partial charge >= 0.3 is 12.1 Å². The molecule has 0 bridgehead atoms. The van der Waals surface area contributed by atoms with Gasteiger partial charge in [0.2, 0.25) is 5.95 Å². The summed E-state index contributed by atoms with van der Waals surface area (Å²) in [6, 6.07) is 4.21. The summed E-state index contributed by atoms with van der Waals surface area (Å²) in [6.07, 6.45) is -2.25. The van der Waals surface area contributed by atoms with Gasteiger partial charge in [-0.25, -0.2) is 4.98 Å². The van der Waals surface area contributed by atoms with E-state index in [2.05, 4.69) is 20.6 Å². The minimum Gasteiger partial charge on any atom is -0.495 e. The van der Waals surface area contributed by atoms with Crippen LogP contribution in [-0.4, -0.2) is 41.2 Å². The zero-order chi connectivity index (χ0) is 23.5. The molecule has 0 aliphatic heterocycles. The summed E-state index contributed by atoms with van der Waals surface area (Å²) in [7, 11) is 1.45. The Balaban J connectivity index is 1.77. The van der Waals surface area contributed by atoms with Crippen molar-refractivity contribution in [1.29, 1.82) is 0 Å². The molecule has 1 unspecified atom stereocenters. The largest absolute Gasteiger partial charge is 0.495 e. The molecule has 1 atom stereocenters. The number of rotatable bonds is 9. The smallest absolute Gasteiger partial charge is 0.421 e. The lowest BCUT2D eigenvalue weighted by atomic mass is 10.1. The number of esters is 1. The fraction of sp³-hybridized carbons (Fsp3) is 0.476. The molecule has 32 heavy (non-hydrogen) atoms. The summed E-state index contributed by atoms with van der Waals surface area (Å²) in [5.41, 5.74) is 6.17. The second-order valence-corrected chi connectivity index (χ2v) is 7.83. The Hall–Kier alpha value is -3.08. The summed E-state index contributed by atoms with van der Waals surface area (Å²) in [6.45, 7) is 3.48. The van der Waals surface area contributed by atoms with Crippen molar-refractivity contribution in [2.75, 3.05) is 17.7 Å². The average Bonchev–Trinajstić information content (AvgIpc) is 3.51. The van der Waals surface area contributed by atoms with E-state index < -0.39 is 23.8 Å². The van der Waals surface area contributed by atoms with Crippen molar-refractivity contribution in [3.05, 3.63) is 35.5 Å². The second kappa shape index (κ2) is 9.60. The Bertz CT molecular complexity index is 964. The summed E-state index contributed by atoms with van der Waals surface area (Å²) in [5, 5.41) is 5.69. The van der Waals surface area contributed by atoms with Crippen LogP contribution in [0.3, 0.4) is 0 Å². The highest BCUT2D eigenvalue weighted by Gasteiger charge is 2.37. The van der Waals surface area contributed by atoms with Crippen LogP contribution in [0.2, 0.25) is 0 Å². The number of alkyl halides is 3. The molecule has 3 rings (SSSR count). The van der Waals surface area contributed by atoms with E-state index in [1.165, 1.54) is 7.11 Å². The van der Waals surface area contributed by atoms with Gasteiger partial charge < -0.3 is 25.8 Å². The predicted octanol–water partition coefficient (Wildman–Crippen LogP) is 3.64. The molecule has 1 aromatic heterocycles. The summed E-state index contributed by atoms with van der Waals surface area (Å²) in [4.78, 5) is 19.8. The number of benzene rings is 1. The van der Waals surface area contributed by atoms with E-state index in [0.29, 0.717) is 11.4 Å². The van der Waals surface area contributed by atoms with Gasteiger partial charge in [-0.2, -0.15) is 18.2 Å². The SMILES string of the molecule is COc1cc(CC(N)C(=O)OC(C)C)ccc1Nc1ncc(C(F)(F)F)c(NC2CC2)n1. The lowest BCUT2D eigenvalue weighted by Crippen LogP contribution is -2.35. The van der Waals surface area contributed by atoms with Gasteiger partial charge in [-0.15, -0.1) is 0 Å². The van der Waals surface area contributed by atoms with E-state index in [0.717, 1.165) is 24.6 Å². The Labute approximate surface area is 183 Å². The molecule has 0 saturated heterocycles. The molecule has 0 amide bonds. The van der Waals surface area contributed by atoms with Crippen LogP contribution in [0, 0.1) is 0 Å². The minimum absolute atomic E-state index is 0.00980. The molecule has 1 aromatic carbocycles. The maximum Gasteiger partial charge on any atom is 0.421 e. The Morgan fingerprint density at radius 3 is 2.62 bits per heavy atom. The number of ether oxygens (including phenoxy) is 2. The number of nitrogens with two attached hydrogens (primary N) is 1. The fourth-order valence-corrected chi connectivity index (χ4v) is 2.92. The number of nitrogens with one attached hydrogen (secondary N) is 2. The molecule has 4 N–H and O–H groups in total. The van der Waals surface area contributed by atoms with Crippen molar-refractivity contribution >= 4 is 23.4 Å². The lowest BCUT2D eigenvalue weighted by Gasteiger charge is -2.17. The van der Waals surface area contributed by atoms with Crippen LogP contribution >= 0.6 is 0 Å². The number of aromatic nitrogens is 2. The molecular formula is C21H26F3N5O3. The fourth-order valence-electron chi connectivity index (χ4n) is 2.92. The molecule has 1 aliphatic carbocycles. The number of methoxy groups -OCH3 is 1. The normalized spacial score (nSPS) is 14.8. The molecule has 8 nitrogen and oxygen atoms in total. The van der Waals surface area contributed by atoms with Crippen LogP contribution < -0.4 is 21.1 Å². The number of halogens is 3. The molecular weight excluding hydrogens is 427 g/mol. The minimum atomic E-state index is -4.56. The first-order valence-corrected chi connectivity index (χ1v) is 10.2. The van der Waals surface area contributed by atoms with Crippen molar-refractivity contribution in [3.8, 4) is 5.75 Å². The monoisotopic (exact) mass is 453 g/mol. The first-order valence-electron chi connectivity index (χ1n) is 10.2. The van der Waals surface area contributed by atoms with E-state index in [1.54, 1.807) is 32.0 Å². The van der Waals surface area contributed by atoms with Crippen molar-refractivity contribution in [1.82, 2.24) is 9.97 Å². The standard InChI is InChI=1S/C21H26F3N5O3/c1-11(2)32-19(30)15(25)8-12-4-7-16(17(9-12)31-3)28-20-26-10-14(21(22,23)24)18(29-20)27-13-5-6-13/h4,7,9-11,13,15H,5-6,8,25H2,1-3H3,(H2,26,27,28,29). The summed E-state index contributed by atoms with van der Waals surface area (Å²) >= 11 is 0. The third kappa shape index (κ3) is 6.22. The van der Waals surface area contributed by atoms with Gasteiger partial charge in [0.15, 0.2) is 0 Å². The maximum atomic E-state index is 13.3. The van der Waals surface area contributed by atoms with Gasteiger partial charge in [0.1, 0.15) is 23.2 Å². The quantitative estimate of drug-likeness (QED) is 0.494. The van der Waals surface area contributed by atoms with Gasteiger partial charge in [-0.3, -0.25) is 4.79 Å². The zero-order valence-electron chi connectivity index (χ0n) is 18.0. The second-order valence-electron chi connectivity index (χ2n) is 7.83. The first kappa shape index (κ1) is 23.6. The number of carbonyl (C=O) groups is 1. The van der Waals surface area contributed by atoms with Gasteiger partial charge in [0.05, 0.1) is 18.9 Å². The van der Waals surface area contributed by atoms with Gasteiger partial charge in [0.25, 0.3) is 0 Å². The van der Waals surface area contributed by atoms with E-state index in [4.69, 9.17) is 15.2 Å². The summed E-state index contributed by atoms with van der Waals surface area (Å²) in [5.74, 6) is -0.380. The van der Waals surface area contributed by atoms with Crippen molar-refractivity contribution in [2.24, 2.45) is 5.73 Å². The molecule has 1 fully saturated rings. The van der Waals surface area contributed by atoms with E-state index in [9.17, 15) is 18.0 Å². The van der Waals surface area contributed by atoms with Crippen LogP contribution in [0.15, 0.2) is 24.4 Å². The van der Waals surface area contributed by atoms with Crippen LogP contribution in [0.4, 0.5) is 30.6 Å². The molecule has 0 radical (unpaired) electrons. The maximum absolute atomic E-state index is 13.3. The predicted molar refractivity (Wildman–Crippen MR) is 113 cm³/mol. The lowest BCUT2D eigenvalue weighted by molar-refractivity contribution is -0.149. The van der Waals surface area contributed by atoms with Crippen molar-refractivity contribution in [3.63, 3.8) is 0 Å². The molecule has 0 spiro atoms. The third-order valence-corrected chi connectivity index (χ3v) is 4.63. The zero-order valence-corrected chi connectivity index (χ0v) is 18.0. The highest BCUT2D eigenvalue weighted by atomic mass is 19.4. The molecule has 2 aromatic rings. The van der Waals surface area contributed by atoms with Gasteiger partial charge in [0, 0.05) is 12.2 Å². The Kier molecular flexibility index (Phi) is 7.07. The van der Waals surface area contributed by atoms with Crippen LogP contribution in [0.1, 0.15) is 37.8 Å².